The van der Waals surface area contributed by atoms with Gasteiger partial charge in [0.15, 0.2) is 0 Å². The van der Waals surface area contributed by atoms with Gasteiger partial charge in [0.05, 0.1) is 36.8 Å². The van der Waals surface area contributed by atoms with Crippen molar-refractivity contribution < 1.29 is 87.4 Å². The van der Waals surface area contributed by atoms with Gasteiger partial charge >= 0.3 is 58.2 Å². The monoisotopic (exact) mass is 544 g/mol. The van der Waals surface area contributed by atoms with Crippen molar-refractivity contribution in [3.63, 3.8) is 0 Å². The van der Waals surface area contributed by atoms with Gasteiger partial charge in [-0.15, -0.1) is 0 Å². The van der Waals surface area contributed by atoms with Crippen molar-refractivity contribution >= 4 is 19.3 Å². The van der Waals surface area contributed by atoms with E-state index in [0.29, 0.717) is 18.5 Å². The molecule has 34 heavy (non-hydrogen) atoms. The molecular weight excluding hydrogens is 513 g/mol. The molecule has 0 aromatic carbocycles. The Hall–Kier alpha value is 0.210. The first kappa shape index (κ1) is 28.8. The van der Waals surface area contributed by atoms with E-state index in [0.717, 1.165) is 5.56 Å². The topological polar surface area (TPSA) is 134 Å². The van der Waals surface area contributed by atoms with E-state index in [9.17, 15) is 15.0 Å². The van der Waals surface area contributed by atoms with Crippen molar-refractivity contribution in [1.82, 2.24) is 20.9 Å². The average molecular weight is 545 g/mol. The van der Waals surface area contributed by atoms with Gasteiger partial charge in [0, 0.05) is 6.04 Å². The summed E-state index contributed by atoms with van der Waals surface area (Å²) in [5, 5.41) is 31.4. The van der Waals surface area contributed by atoms with E-state index in [1.54, 1.807) is 20.2 Å². The molecule has 5 N–H and O–H groups in total. The summed E-state index contributed by atoms with van der Waals surface area (Å²) in [6, 6.07) is 3.13. The number of aryl methyl sites for hydroxylation is 1. The number of ether oxygens (including phenoxy) is 3. The Balaban J connectivity index is 0.00000324. The number of carbonyl (C=O) groups is 1. The predicted molar refractivity (Wildman–Crippen MR) is 119 cm³/mol. The molecule has 2 aliphatic heterocycles. The van der Waals surface area contributed by atoms with Gasteiger partial charge in [-0.3, -0.25) is 4.79 Å². The first-order valence-corrected chi connectivity index (χ1v) is 11.3. The van der Waals surface area contributed by atoms with Crippen LogP contribution in [0.15, 0.2) is 6.07 Å². The van der Waals surface area contributed by atoms with E-state index >= 15 is 0 Å². The third kappa shape index (κ3) is 5.85. The van der Waals surface area contributed by atoms with Gasteiger partial charge in [0.1, 0.15) is 14.0 Å². The van der Waals surface area contributed by atoms with Crippen molar-refractivity contribution in [2.24, 2.45) is 0 Å². The predicted octanol–water partition coefficient (Wildman–Crippen LogP) is -5.44. The van der Waals surface area contributed by atoms with E-state index in [-0.39, 0.29) is 88.3 Å². The first-order chi connectivity index (χ1) is 15.6. The van der Waals surface area contributed by atoms with Crippen LogP contribution >= 0.6 is 0 Å². The van der Waals surface area contributed by atoms with Gasteiger partial charge in [-0.25, -0.2) is 11.6 Å². The summed E-state index contributed by atoms with van der Waals surface area (Å²) in [5.74, 6) is -2.26. The minimum absolute atomic E-state index is 0. The molecule has 1 amide bonds. The number of rotatable bonds is 5. The Morgan fingerprint density at radius 2 is 2.06 bits per heavy atom. The second kappa shape index (κ2) is 11.7. The molecule has 3 heterocycles. The molecule has 2 saturated heterocycles. The van der Waals surface area contributed by atoms with Crippen molar-refractivity contribution in [3.8, 4) is 0 Å². The molecule has 1 aliphatic carbocycles. The zero-order valence-electron chi connectivity index (χ0n) is 20.4. The van der Waals surface area contributed by atoms with Crippen LogP contribution in [0.3, 0.4) is 0 Å². The fourth-order valence-corrected chi connectivity index (χ4v) is 5.14. The number of aromatic nitrogens is 1. The largest absolute Gasteiger partial charge is 1.00 e. The minimum atomic E-state index is -1.92. The number of carbonyl (C=O) groups excluding carboxylic acids is 1. The second-order valence-corrected chi connectivity index (χ2v) is 9.20. The SMILES string of the molecule is [B]c1[c-]c(C)cc(CC(=O)NC2C[C@@H](C)OC3OC4CC(NC)C(O)C(NC)C4OC23O)n1.[Rb+]. The standard InChI is InChI=1S/C22H32BN4O6.Rb/c1-10-5-12(26-16(23)6-10)8-17(28)27-15-7-11(2)31-21-22(15,30)33-20-14(32-21)9-13(24-3)19(29)18(20)25-4;/h5,11,13-15,18-21,24-25,29-30H,7-9H2,1-4H3,(H,27,28);/q-1;+1/t11-,13?,14?,15?,18?,19?,20?,21?,22?;/m1./s1. The quantitative estimate of drug-likeness (QED) is 0.182. The van der Waals surface area contributed by atoms with Crippen LogP contribution in [0.25, 0.3) is 0 Å². The Labute approximate surface area is 250 Å². The summed E-state index contributed by atoms with van der Waals surface area (Å²) in [6.45, 7) is 3.68. The number of hydrogen-bond acceptors (Lipinski definition) is 9. The van der Waals surface area contributed by atoms with Crippen LogP contribution in [0.4, 0.5) is 0 Å². The van der Waals surface area contributed by atoms with Crippen molar-refractivity contribution in [2.75, 3.05) is 14.1 Å². The summed E-state index contributed by atoms with van der Waals surface area (Å²) >= 11 is 0. The third-order valence-electron chi connectivity index (χ3n) is 6.72. The number of nitrogens with zero attached hydrogens (tertiary/aromatic N) is 1. The van der Waals surface area contributed by atoms with Crippen LogP contribution in [0, 0.1) is 13.0 Å². The second-order valence-electron chi connectivity index (χ2n) is 9.20. The summed E-state index contributed by atoms with van der Waals surface area (Å²) in [5.41, 5.74) is 1.52. The minimum Gasteiger partial charge on any atom is -0.390 e. The van der Waals surface area contributed by atoms with Crippen molar-refractivity contribution in [1.29, 1.82) is 0 Å². The molecule has 4 rings (SSSR count). The molecule has 3 fully saturated rings. The number of likely N-dealkylation sites (N-methyl/N-ethyl adjacent to an activating group) is 2. The molecule has 8 unspecified atom stereocenters. The van der Waals surface area contributed by atoms with Crippen LogP contribution in [-0.2, 0) is 25.4 Å². The third-order valence-corrected chi connectivity index (χ3v) is 6.72. The summed E-state index contributed by atoms with van der Waals surface area (Å²) in [6.07, 6.45) is -2.37. The normalized spacial score (nSPS) is 39.4. The molecular formula is C22H32BN4O6Rb. The van der Waals surface area contributed by atoms with Gasteiger partial charge in [0.25, 0.3) is 0 Å². The van der Waals surface area contributed by atoms with E-state index in [1.807, 2.05) is 13.8 Å². The van der Waals surface area contributed by atoms with E-state index in [4.69, 9.17) is 22.1 Å². The number of aliphatic hydroxyl groups is 2. The maximum Gasteiger partial charge on any atom is 1.00 e. The van der Waals surface area contributed by atoms with Gasteiger partial charge in [-0.05, 0) is 39.6 Å². The van der Waals surface area contributed by atoms with Gasteiger partial charge in [0.2, 0.25) is 18.0 Å². The molecule has 0 bridgehead atoms. The van der Waals surface area contributed by atoms with Crippen LogP contribution < -0.4 is 79.7 Å². The molecule has 0 spiro atoms. The maximum atomic E-state index is 12.9. The summed E-state index contributed by atoms with van der Waals surface area (Å²) in [4.78, 5) is 17.0. The molecule has 10 nitrogen and oxygen atoms in total. The molecule has 180 valence electrons. The Kier molecular flexibility index (Phi) is 9.92. The molecule has 1 saturated carbocycles. The van der Waals surface area contributed by atoms with Crippen LogP contribution in [0.1, 0.15) is 31.0 Å². The molecule has 1 aromatic heterocycles. The molecule has 3 aliphatic rings. The number of aliphatic hydroxyl groups excluding tert-OH is 1. The zero-order valence-corrected chi connectivity index (χ0v) is 25.3. The van der Waals surface area contributed by atoms with Crippen LogP contribution in [-0.4, -0.2) is 97.7 Å². The Morgan fingerprint density at radius 3 is 2.71 bits per heavy atom. The van der Waals surface area contributed by atoms with Crippen LogP contribution in [0.5, 0.6) is 0 Å². The van der Waals surface area contributed by atoms with E-state index in [2.05, 4.69) is 27.0 Å². The number of hydrogen-bond donors (Lipinski definition) is 5. The van der Waals surface area contributed by atoms with Crippen molar-refractivity contribution in [2.45, 2.75) is 87.7 Å². The number of nitrogens with one attached hydrogen (secondary N) is 3. The number of fused-ring (bicyclic) bond motifs is 2. The molecule has 1 aromatic rings. The summed E-state index contributed by atoms with van der Waals surface area (Å²) < 4.78 is 18.3. The number of pyridine rings is 1. The van der Waals surface area contributed by atoms with Gasteiger partial charge in [-0.2, -0.15) is 6.07 Å². The Bertz CT molecular complexity index is 864. The Morgan fingerprint density at radius 1 is 1.32 bits per heavy atom. The molecule has 9 atom stereocenters. The number of amides is 1. The molecule has 12 heteroatoms. The van der Waals surface area contributed by atoms with Crippen molar-refractivity contribution in [3.05, 3.63) is 23.4 Å². The summed E-state index contributed by atoms with van der Waals surface area (Å²) in [7, 11) is 9.24. The molecule has 2 radical (unpaired) electrons. The van der Waals surface area contributed by atoms with E-state index in [1.165, 1.54) is 0 Å². The zero-order chi connectivity index (χ0) is 23.9. The van der Waals surface area contributed by atoms with Gasteiger partial charge in [-0.1, -0.05) is 12.5 Å². The fraction of sp³-hybridized carbons (Fsp3) is 0.727. The van der Waals surface area contributed by atoms with Gasteiger partial charge < -0.3 is 45.4 Å². The smallest absolute Gasteiger partial charge is 0.390 e. The van der Waals surface area contributed by atoms with Crippen LogP contribution in [0.2, 0.25) is 0 Å². The van der Waals surface area contributed by atoms with E-state index < -0.39 is 42.5 Å². The first-order valence-electron chi connectivity index (χ1n) is 11.3. The average Bonchev–Trinajstić information content (AvgIpc) is 2.72. The fourth-order valence-electron chi connectivity index (χ4n) is 5.14. The maximum absolute atomic E-state index is 12.9.